The van der Waals surface area contributed by atoms with Gasteiger partial charge >= 0.3 is 0 Å². The first kappa shape index (κ1) is 18.7. The molecule has 5 nitrogen and oxygen atoms in total. The lowest BCUT2D eigenvalue weighted by molar-refractivity contribution is -0.0124. The number of nitrogens with zero attached hydrogens (tertiary/aromatic N) is 1. The molecule has 0 bridgehead atoms. The van der Waals surface area contributed by atoms with E-state index in [4.69, 9.17) is 27.9 Å². The van der Waals surface area contributed by atoms with Crippen LogP contribution in [0.15, 0.2) is 42.5 Å². The summed E-state index contributed by atoms with van der Waals surface area (Å²) >= 11 is 11.9. The number of amides is 2. The highest BCUT2D eigenvalue weighted by atomic mass is 35.5. The largest absolute Gasteiger partial charge is 0.375 e. The van der Waals surface area contributed by atoms with Gasteiger partial charge in [0.1, 0.15) is 0 Å². The molecule has 0 radical (unpaired) electrons. The van der Waals surface area contributed by atoms with Crippen LogP contribution in [0.4, 0.5) is 5.69 Å². The van der Waals surface area contributed by atoms with Gasteiger partial charge < -0.3 is 15.0 Å². The molecule has 2 aromatic carbocycles. The van der Waals surface area contributed by atoms with E-state index in [2.05, 4.69) is 5.32 Å². The lowest BCUT2D eigenvalue weighted by atomic mass is 10.1. The van der Waals surface area contributed by atoms with Gasteiger partial charge in [-0.15, -0.1) is 0 Å². The second-order valence-electron chi connectivity index (χ2n) is 6.09. The van der Waals surface area contributed by atoms with Crippen LogP contribution in [0.1, 0.15) is 27.6 Å². The first-order chi connectivity index (χ1) is 12.4. The van der Waals surface area contributed by atoms with Crippen LogP contribution in [0, 0.1) is 0 Å². The number of hydrogen-bond acceptors (Lipinski definition) is 3. The van der Waals surface area contributed by atoms with Crippen LogP contribution in [-0.4, -0.2) is 42.5 Å². The van der Waals surface area contributed by atoms with Crippen molar-refractivity contribution >= 4 is 40.7 Å². The molecule has 1 saturated heterocycles. The predicted octanol–water partition coefficient (Wildman–Crippen LogP) is 4.11. The summed E-state index contributed by atoms with van der Waals surface area (Å²) in [7, 11) is 0. The molecule has 1 aliphatic heterocycles. The van der Waals surface area contributed by atoms with Gasteiger partial charge in [0.2, 0.25) is 0 Å². The summed E-state index contributed by atoms with van der Waals surface area (Å²) in [6.45, 7) is 3.64. The summed E-state index contributed by atoms with van der Waals surface area (Å²) in [6, 6.07) is 11.5. The average Bonchev–Trinajstić information content (AvgIpc) is 2.61. The fraction of sp³-hybridized carbons (Fsp3) is 0.263. The monoisotopic (exact) mass is 392 g/mol. The van der Waals surface area contributed by atoms with Crippen LogP contribution in [0.25, 0.3) is 0 Å². The Morgan fingerprint density at radius 2 is 1.88 bits per heavy atom. The minimum absolute atomic E-state index is 0.0374. The molecule has 1 fully saturated rings. The van der Waals surface area contributed by atoms with Crippen molar-refractivity contribution < 1.29 is 14.3 Å². The Labute approximate surface area is 161 Å². The topological polar surface area (TPSA) is 58.6 Å². The van der Waals surface area contributed by atoms with Gasteiger partial charge in [-0.25, -0.2) is 0 Å². The standard InChI is InChI=1S/C19H18Cl2N2O3/c1-12-11-23(8-9-26-12)19(25)13-2-5-15(6-3-13)22-18(24)16-7-4-14(20)10-17(16)21/h2-7,10,12H,8-9,11H2,1H3,(H,22,24). The van der Waals surface area contributed by atoms with E-state index >= 15 is 0 Å². The molecular weight excluding hydrogens is 375 g/mol. The summed E-state index contributed by atoms with van der Waals surface area (Å²) in [5.74, 6) is -0.383. The van der Waals surface area contributed by atoms with E-state index in [1.165, 1.54) is 6.07 Å². The van der Waals surface area contributed by atoms with Crippen molar-refractivity contribution in [2.24, 2.45) is 0 Å². The lowest BCUT2D eigenvalue weighted by Gasteiger charge is -2.31. The van der Waals surface area contributed by atoms with E-state index in [0.717, 1.165) is 0 Å². The Hall–Kier alpha value is -2.08. The maximum Gasteiger partial charge on any atom is 0.257 e. The number of rotatable bonds is 3. The number of morpholine rings is 1. The summed E-state index contributed by atoms with van der Waals surface area (Å²) in [4.78, 5) is 26.6. The summed E-state index contributed by atoms with van der Waals surface area (Å²) in [6.07, 6.45) is 0.0374. The first-order valence-electron chi connectivity index (χ1n) is 8.21. The molecule has 0 aromatic heterocycles. The first-order valence-corrected chi connectivity index (χ1v) is 8.97. The highest BCUT2D eigenvalue weighted by Gasteiger charge is 2.22. The Kier molecular flexibility index (Phi) is 5.81. The van der Waals surface area contributed by atoms with Gasteiger partial charge in [-0.2, -0.15) is 0 Å². The Morgan fingerprint density at radius 1 is 1.15 bits per heavy atom. The highest BCUT2D eigenvalue weighted by molar-refractivity contribution is 6.37. The van der Waals surface area contributed by atoms with E-state index in [0.29, 0.717) is 41.5 Å². The van der Waals surface area contributed by atoms with Crippen LogP contribution in [-0.2, 0) is 4.74 Å². The third-order valence-electron chi connectivity index (χ3n) is 4.09. The van der Waals surface area contributed by atoms with Crippen molar-refractivity contribution in [3.63, 3.8) is 0 Å². The van der Waals surface area contributed by atoms with Crippen molar-refractivity contribution in [2.75, 3.05) is 25.0 Å². The molecule has 26 heavy (non-hydrogen) atoms. The molecule has 0 aliphatic carbocycles. The van der Waals surface area contributed by atoms with Gasteiger partial charge in [0.05, 0.1) is 23.3 Å². The molecule has 3 rings (SSSR count). The molecule has 2 aromatic rings. The number of halogens is 2. The van der Waals surface area contributed by atoms with Crippen LogP contribution >= 0.6 is 23.2 Å². The summed E-state index contributed by atoms with van der Waals surface area (Å²) < 4.78 is 5.46. The molecule has 7 heteroatoms. The highest BCUT2D eigenvalue weighted by Crippen LogP contribution is 2.22. The van der Waals surface area contributed by atoms with E-state index in [-0.39, 0.29) is 22.9 Å². The fourth-order valence-corrected chi connectivity index (χ4v) is 3.25. The predicted molar refractivity (Wildman–Crippen MR) is 102 cm³/mol. The van der Waals surface area contributed by atoms with Crippen molar-refractivity contribution in [2.45, 2.75) is 13.0 Å². The fourth-order valence-electron chi connectivity index (χ4n) is 2.75. The quantitative estimate of drug-likeness (QED) is 0.854. The SMILES string of the molecule is CC1CN(C(=O)c2ccc(NC(=O)c3ccc(Cl)cc3Cl)cc2)CCO1. The van der Waals surface area contributed by atoms with E-state index < -0.39 is 0 Å². The molecule has 1 unspecified atom stereocenters. The second kappa shape index (κ2) is 8.08. The minimum atomic E-state index is -0.340. The molecule has 1 heterocycles. The molecule has 136 valence electrons. The number of benzene rings is 2. The summed E-state index contributed by atoms with van der Waals surface area (Å²) in [5.41, 5.74) is 1.48. The van der Waals surface area contributed by atoms with Crippen molar-refractivity contribution in [3.8, 4) is 0 Å². The van der Waals surface area contributed by atoms with Gasteiger partial charge in [0.25, 0.3) is 11.8 Å². The van der Waals surface area contributed by atoms with Crippen molar-refractivity contribution in [1.29, 1.82) is 0 Å². The summed E-state index contributed by atoms with van der Waals surface area (Å²) in [5, 5.41) is 3.51. The van der Waals surface area contributed by atoms with E-state index in [9.17, 15) is 9.59 Å². The average molecular weight is 393 g/mol. The number of hydrogen-bond donors (Lipinski definition) is 1. The van der Waals surface area contributed by atoms with E-state index in [1.54, 1.807) is 41.3 Å². The van der Waals surface area contributed by atoms with Gasteiger partial charge in [-0.05, 0) is 49.4 Å². The zero-order chi connectivity index (χ0) is 18.7. The molecule has 1 aliphatic rings. The van der Waals surface area contributed by atoms with Crippen LogP contribution < -0.4 is 5.32 Å². The number of carbonyl (C=O) groups is 2. The number of ether oxygens (including phenoxy) is 1. The second-order valence-corrected chi connectivity index (χ2v) is 6.93. The van der Waals surface area contributed by atoms with E-state index in [1.807, 2.05) is 6.92 Å². The molecule has 1 N–H and O–H groups in total. The van der Waals surface area contributed by atoms with Gasteiger partial charge in [0.15, 0.2) is 0 Å². The van der Waals surface area contributed by atoms with Crippen molar-refractivity contribution in [1.82, 2.24) is 4.90 Å². The van der Waals surface area contributed by atoms with Gasteiger partial charge in [-0.3, -0.25) is 9.59 Å². The Morgan fingerprint density at radius 3 is 2.54 bits per heavy atom. The van der Waals surface area contributed by atoms with Crippen LogP contribution in [0.5, 0.6) is 0 Å². The third kappa shape index (κ3) is 4.36. The Balaban J connectivity index is 1.67. The number of carbonyl (C=O) groups excluding carboxylic acids is 2. The molecule has 1 atom stereocenters. The maximum absolute atomic E-state index is 12.5. The number of anilines is 1. The minimum Gasteiger partial charge on any atom is -0.375 e. The van der Waals surface area contributed by atoms with Crippen LogP contribution in [0.3, 0.4) is 0 Å². The van der Waals surface area contributed by atoms with Gasteiger partial charge in [0, 0.05) is 29.4 Å². The molecular formula is C19H18Cl2N2O3. The van der Waals surface area contributed by atoms with Crippen LogP contribution in [0.2, 0.25) is 10.0 Å². The Bertz CT molecular complexity index is 824. The molecule has 0 spiro atoms. The van der Waals surface area contributed by atoms with Crippen molar-refractivity contribution in [3.05, 3.63) is 63.6 Å². The maximum atomic E-state index is 12.5. The number of nitrogens with one attached hydrogen (secondary N) is 1. The normalized spacial score (nSPS) is 17.0. The third-order valence-corrected chi connectivity index (χ3v) is 4.64. The zero-order valence-corrected chi connectivity index (χ0v) is 15.7. The smallest absolute Gasteiger partial charge is 0.257 e. The van der Waals surface area contributed by atoms with Gasteiger partial charge in [-0.1, -0.05) is 23.2 Å². The zero-order valence-electron chi connectivity index (χ0n) is 14.2. The molecule has 2 amide bonds. The molecule has 0 saturated carbocycles. The lowest BCUT2D eigenvalue weighted by Crippen LogP contribution is -2.44.